The number of rotatable bonds is 2. The largest absolute Gasteiger partial charge is 0.341 e. The van der Waals surface area contributed by atoms with E-state index in [1.165, 1.54) is 19.3 Å². The van der Waals surface area contributed by atoms with Crippen LogP contribution in [-0.4, -0.2) is 36.3 Å². The summed E-state index contributed by atoms with van der Waals surface area (Å²) in [5, 5.41) is 0. The Labute approximate surface area is 95.9 Å². The Morgan fingerprint density at radius 3 is 2.93 bits per heavy atom. The van der Waals surface area contributed by atoms with Crippen molar-refractivity contribution in [2.75, 3.05) is 25.5 Å². The maximum atomic E-state index is 11.5. The van der Waals surface area contributed by atoms with Gasteiger partial charge in [0.15, 0.2) is 0 Å². The summed E-state index contributed by atoms with van der Waals surface area (Å²) >= 11 is 5.57. The van der Waals surface area contributed by atoms with Crippen molar-refractivity contribution in [2.24, 2.45) is 17.1 Å². The molecule has 2 fully saturated rings. The molecule has 86 valence electrons. The first-order valence-electron chi connectivity index (χ1n) is 5.73. The van der Waals surface area contributed by atoms with Crippen molar-refractivity contribution < 1.29 is 4.79 Å². The highest BCUT2D eigenvalue weighted by Gasteiger charge is 2.44. The third-order valence-corrected chi connectivity index (χ3v) is 4.27. The highest BCUT2D eigenvalue weighted by atomic mass is 35.5. The average molecular weight is 231 g/mol. The van der Waals surface area contributed by atoms with E-state index >= 15 is 0 Å². The minimum atomic E-state index is 0.0877. The molecule has 1 amide bonds. The lowest BCUT2D eigenvalue weighted by atomic mass is 9.84. The van der Waals surface area contributed by atoms with E-state index in [-0.39, 0.29) is 11.8 Å². The van der Waals surface area contributed by atoms with Gasteiger partial charge in [0.1, 0.15) is 5.88 Å². The summed E-state index contributed by atoms with van der Waals surface area (Å²) in [7, 11) is 0. The topological polar surface area (TPSA) is 46.3 Å². The van der Waals surface area contributed by atoms with Gasteiger partial charge in [0.2, 0.25) is 5.91 Å². The Morgan fingerprint density at radius 1 is 1.53 bits per heavy atom. The quantitative estimate of drug-likeness (QED) is 0.725. The average Bonchev–Trinajstić information content (AvgIpc) is 2.86. The zero-order valence-electron chi connectivity index (χ0n) is 9.04. The van der Waals surface area contributed by atoms with Gasteiger partial charge in [0, 0.05) is 13.1 Å². The van der Waals surface area contributed by atoms with Gasteiger partial charge in [0.05, 0.1) is 0 Å². The van der Waals surface area contributed by atoms with Crippen molar-refractivity contribution in [3.8, 4) is 0 Å². The molecule has 2 rings (SSSR count). The fraction of sp³-hybridized carbons (Fsp3) is 0.909. The van der Waals surface area contributed by atoms with Crippen molar-refractivity contribution in [3.05, 3.63) is 0 Å². The van der Waals surface area contributed by atoms with Crippen LogP contribution in [0.3, 0.4) is 0 Å². The summed E-state index contributed by atoms with van der Waals surface area (Å²) in [6.07, 6.45) is 4.82. The van der Waals surface area contributed by atoms with Gasteiger partial charge in [-0.3, -0.25) is 4.79 Å². The second-order valence-electron chi connectivity index (χ2n) is 5.04. The van der Waals surface area contributed by atoms with Crippen molar-refractivity contribution >= 4 is 17.5 Å². The number of amides is 1. The van der Waals surface area contributed by atoms with Crippen LogP contribution < -0.4 is 5.73 Å². The molecule has 2 N–H and O–H groups in total. The van der Waals surface area contributed by atoms with E-state index < -0.39 is 0 Å². The number of carbonyl (C=O) groups is 1. The molecule has 4 heteroatoms. The molecule has 2 aliphatic rings. The van der Waals surface area contributed by atoms with Crippen molar-refractivity contribution in [1.82, 2.24) is 4.90 Å². The Kier molecular flexibility index (Phi) is 3.21. The number of hydrogen-bond donors (Lipinski definition) is 1. The summed E-state index contributed by atoms with van der Waals surface area (Å²) in [4.78, 5) is 13.4. The molecule has 0 aromatic heterocycles. The van der Waals surface area contributed by atoms with Gasteiger partial charge in [-0.15, -0.1) is 11.6 Å². The molecule has 15 heavy (non-hydrogen) atoms. The zero-order chi connectivity index (χ0) is 10.9. The molecule has 0 radical (unpaired) electrons. The number of hydrogen-bond acceptors (Lipinski definition) is 2. The Bertz CT molecular complexity index is 259. The highest BCUT2D eigenvalue weighted by Crippen LogP contribution is 2.47. The van der Waals surface area contributed by atoms with Crippen LogP contribution in [0.15, 0.2) is 0 Å². The van der Waals surface area contributed by atoms with Crippen molar-refractivity contribution in [2.45, 2.75) is 25.7 Å². The van der Waals surface area contributed by atoms with Gasteiger partial charge in [-0.25, -0.2) is 0 Å². The monoisotopic (exact) mass is 230 g/mol. The van der Waals surface area contributed by atoms with Crippen LogP contribution in [-0.2, 0) is 4.79 Å². The minimum Gasteiger partial charge on any atom is -0.341 e. The van der Waals surface area contributed by atoms with E-state index in [2.05, 4.69) is 0 Å². The lowest BCUT2D eigenvalue weighted by Crippen LogP contribution is -2.32. The van der Waals surface area contributed by atoms with Crippen LogP contribution >= 0.6 is 11.6 Å². The SMILES string of the molecule is NC[C@H]1CC[C@@]2(CCN(C(=O)CCl)C2)C1. The summed E-state index contributed by atoms with van der Waals surface area (Å²) in [6.45, 7) is 2.60. The number of nitrogens with zero attached hydrogens (tertiary/aromatic N) is 1. The molecular weight excluding hydrogens is 212 g/mol. The molecule has 1 saturated carbocycles. The van der Waals surface area contributed by atoms with Crippen LogP contribution in [0.1, 0.15) is 25.7 Å². The molecule has 0 aromatic rings. The maximum absolute atomic E-state index is 11.5. The fourth-order valence-electron chi connectivity index (χ4n) is 3.13. The van der Waals surface area contributed by atoms with Crippen LogP contribution in [0, 0.1) is 11.3 Å². The zero-order valence-corrected chi connectivity index (χ0v) is 9.80. The summed E-state index contributed by atoms with van der Waals surface area (Å²) in [5.41, 5.74) is 6.08. The second kappa shape index (κ2) is 4.30. The van der Waals surface area contributed by atoms with Gasteiger partial charge < -0.3 is 10.6 Å². The molecule has 1 spiro atoms. The molecule has 1 saturated heterocycles. The normalized spacial score (nSPS) is 35.3. The van der Waals surface area contributed by atoms with Crippen LogP contribution in [0.4, 0.5) is 0 Å². The molecule has 2 atom stereocenters. The number of nitrogens with two attached hydrogens (primary N) is 1. The smallest absolute Gasteiger partial charge is 0.237 e. The molecule has 0 unspecified atom stereocenters. The van der Waals surface area contributed by atoms with Gasteiger partial charge in [-0.1, -0.05) is 0 Å². The first-order chi connectivity index (χ1) is 7.19. The van der Waals surface area contributed by atoms with Gasteiger partial charge in [0.25, 0.3) is 0 Å². The van der Waals surface area contributed by atoms with E-state index in [9.17, 15) is 4.79 Å². The van der Waals surface area contributed by atoms with Crippen LogP contribution in [0.5, 0.6) is 0 Å². The Morgan fingerprint density at radius 2 is 2.33 bits per heavy atom. The molecule has 1 heterocycles. The highest BCUT2D eigenvalue weighted by molar-refractivity contribution is 6.27. The molecule has 1 aliphatic heterocycles. The van der Waals surface area contributed by atoms with E-state index in [1.807, 2.05) is 4.90 Å². The van der Waals surface area contributed by atoms with E-state index in [4.69, 9.17) is 17.3 Å². The lowest BCUT2D eigenvalue weighted by Gasteiger charge is -2.23. The molecule has 1 aliphatic carbocycles. The lowest BCUT2D eigenvalue weighted by molar-refractivity contribution is -0.127. The number of carbonyl (C=O) groups excluding carboxylic acids is 1. The van der Waals surface area contributed by atoms with Crippen molar-refractivity contribution in [1.29, 1.82) is 0 Å². The first kappa shape index (κ1) is 11.2. The summed E-state index contributed by atoms with van der Waals surface area (Å²) in [5.74, 6) is 0.886. The van der Waals surface area contributed by atoms with E-state index in [0.717, 1.165) is 26.1 Å². The first-order valence-corrected chi connectivity index (χ1v) is 6.26. The van der Waals surface area contributed by atoms with Crippen molar-refractivity contribution in [3.63, 3.8) is 0 Å². The third kappa shape index (κ3) is 2.13. The van der Waals surface area contributed by atoms with E-state index in [1.54, 1.807) is 0 Å². The Hall–Kier alpha value is -0.280. The maximum Gasteiger partial charge on any atom is 0.237 e. The standard InChI is InChI=1S/C11H19ClN2O/c12-6-10(15)14-4-3-11(8-14)2-1-9(5-11)7-13/h9H,1-8,13H2/t9-,11+/m0/s1. The summed E-state index contributed by atoms with van der Waals surface area (Å²) < 4.78 is 0. The number of halogens is 1. The minimum absolute atomic E-state index is 0.0877. The predicted molar refractivity (Wildman–Crippen MR) is 60.7 cm³/mol. The van der Waals surface area contributed by atoms with E-state index in [0.29, 0.717) is 11.3 Å². The third-order valence-electron chi connectivity index (χ3n) is 4.04. The fourth-order valence-corrected chi connectivity index (χ4v) is 3.30. The summed E-state index contributed by atoms with van der Waals surface area (Å²) in [6, 6.07) is 0. The van der Waals surface area contributed by atoms with Crippen LogP contribution in [0.25, 0.3) is 0 Å². The van der Waals surface area contributed by atoms with Gasteiger partial charge in [-0.2, -0.15) is 0 Å². The molecule has 0 aromatic carbocycles. The van der Waals surface area contributed by atoms with Crippen LogP contribution in [0.2, 0.25) is 0 Å². The number of likely N-dealkylation sites (tertiary alicyclic amines) is 1. The predicted octanol–water partition coefficient (Wildman–Crippen LogP) is 1.20. The second-order valence-corrected chi connectivity index (χ2v) is 5.31. The molecule has 0 bridgehead atoms. The van der Waals surface area contributed by atoms with Gasteiger partial charge >= 0.3 is 0 Å². The molecule has 3 nitrogen and oxygen atoms in total. The Balaban J connectivity index is 1.94. The number of alkyl halides is 1. The molecular formula is C11H19ClN2O. The van der Waals surface area contributed by atoms with Gasteiger partial charge in [-0.05, 0) is 43.6 Å².